The minimum absolute atomic E-state index is 0.323. The summed E-state index contributed by atoms with van der Waals surface area (Å²) in [7, 11) is 0.973. The first-order valence-electron chi connectivity index (χ1n) is 5.11. The van der Waals surface area contributed by atoms with E-state index in [1.807, 2.05) is 5.32 Å². The lowest BCUT2D eigenvalue weighted by molar-refractivity contribution is -0.146. The number of carbonyl (C=O) groups excluding carboxylic acids is 1. The molecule has 1 aromatic rings. The number of halogens is 4. The first kappa shape index (κ1) is 15.2. The van der Waals surface area contributed by atoms with Gasteiger partial charge in [0.2, 0.25) is 0 Å². The smallest absolute Gasteiger partial charge is 0.401 e. The summed E-state index contributed by atoms with van der Waals surface area (Å²) < 4.78 is 53.7. The van der Waals surface area contributed by atoms with Gasteiger partial charge in [0.05, 0.1) is 13.7 Å². The van der Waals surface area contributed by atoms with Crippen LogP contribution in [-0.2, 0) is 9.53 Å². The SMILES string of the molecule is COC(=O)C(NCC(F)(F)F)c1cc(F)ccc1O. The third-order valence-electron chi connectivity index (χ3n) is 2.24. The second kappa shape index (κ2) is 5.87. The fourth-order valence-corrected chi connectivity index (χ4v) is 1.41. The lowest BCUT2D eigenvalue weighted by Gasteiger charge is -2.18. The number of carbonyl (C=O) groups is 1. The van der Waals surface area contributed by atoms with Crippen molar-refractivity contribution in [2.24, 2.45) is 0 Å². The molecule has 1 unspecified atom stereocenters. The molecule has 1 atom stereocenters. The standard InChI is InChI=1S/C11H11F4NO3/c1-19-10(18)9(16-5-11(13,14)15)7-4-6(12)2-3-8(7)17/h2-4,9,16-17H,5H2,1H3. The number of hydrogen-bond donors (Lipinski definition) is 2. The van der Waals surface area contributed by atoms with Crippen LogP contribution in [-0.4, -0.2) is 30.9 Å². The molecule has 8 heteroatoms. The lowest BCUT2D eigenvalue weighted by Crippen LogP contribution is -2.36. The van der Waals surface area contributed by atoms with Gasteiger partial charge >= 0.3 is 12.1 Å². The number of aromatic hydroxyl groups is 1. The first-order valence-corrected chi connectivity index (χ1v) is 5.11. The molecule has 0 aromatic heterocycles. The zero-order valence-corrected chi connectivity index (χ0v) is 9.79. The quantitative estimate of drug-likeness (QED) is 0.653. The number of esters is 1. The number of phenolic OH excluding ortho intramolecular Hbond substituents is 1. The van der Waals surface area contributed by atoms with Crippen molar-refractivity contribution in [1.82, 2.24) is 5.32 Å². The van der Waals surface area contributed by atoms with Crippen molar-refractivity contribution in [3.05, 3.63) is 29.6 Å². The second-order valence-electron chi connectivity index (χ2n) is 3.66. The summed E-state index contributed by atoms with van der Waals surface area (Å²) in [6.07, 6.45) is -4.56. The molecule has 1 aromatic carbocycles. The molecule has 2 N–H and O–H groups in total. The average molecular weight is 281 g/mol. The van der Waals surface area contributed by atoms with Gasteiger partial charge in [0, 0.05) is 5.56 Å². The fourth-order valence-electron chi connectivity index (χ4n) is 1.41. The molecule has 1 rings (SSSR count). The van der Waals surface area contributed by atoms with Crippen molar-refractivity contribution in [2.45, 2.75) is 12.2 Å². The van der Waals surface area contributed by atoms with Crippen molar-refractivity contribution in [2.75, 3.05) is 13.7 Å². The van der Waals surface area contributed by atoms with Gasteiger partial charge in [-0.05, 0) is 18.2 Å². The highest BCUT2D eigenvalue weighted by atomic mass is 19.4. The van der Waals surface area contributed by atoms with E-state index in [2.05, 4.69) is 4.74 Å². The van der Waals surface area contributed by atoms with Crippen molar-refractivity contribution >= 4 is 5.97 Å². The summed E-state index contributed by atoms with van der Waals surface area (Å²) in [6, 6.07) is 1.01. The summed E-state index contributed by atoms with van der Waals surface area (Å²) in [4.78, 5) is 11.4. The third kappa shape index (κ3) is 4.40. The summed E-state index contributed by atoms with van der Waals surface area (Å²) in [5.41, 5.74) is -0.323. The molecule has 0 heterocycles. The van der Waals surface area contributed by atoms with Crippen LogP contribution in [0.5, 0.6) is 5.75 Å². The average Bonchev–Trinajstić information content (AvgIpc) is 2.31. The Morgan fingerprint density at radius 2 is 2.11 bits per heavy atom. The largest absolute Gasteiger partial charge is 0.508 e. The fraction of sp³-hybridized carbons (Fsp3) is 0.364. The van der Waals surface area contributed by atoms with Gasteiger partial charge in [0.25, 0.3) is 0 Å². The van der Waals surface area contributed by atoms with Crippen LogP contribution < -0.4 is 5.32 Å². The molecule has 0 saturated carbocycles. The van der Waals surface area contributed by atoms with Crippen molar-refractivity contribution in [1.29, 1.82) is 0 Å². The van der Waals surface area contributed by atoms with Crippen LogP contribution in [0, 0.1) is 5.82 Å². The van der Waals surface area contributed by atoms with Gasteiger partial charge < -0.3 is 9.84 Å². The molecule has 4 nitrogen and oxygen atoms in total. The van der Waals surface area contributed by atoms with E-state index in [9.17, 15) is 27.5 Å². The molecule has 0 fully saturated rings. The topological polar surface area (TPSA) is 58.6 Å². The van der Waals surface area contributed by atoms with Crippen LogP contribution in [0.2, 0.25) is 0 Å². The maximum atomic E-state index is 13.0. The van der Waals surface area contributed by atoms with Crippen LogP contribution in [0.25, 0.3) is 0 Å². The molecule has 0 spiro atoms. The van der Waals surface area contributed by atoms with Crippen molar-refractivity contribution < 1.29 is 32.2 Å². The molecule has 0 aliphatic rings. The van der Waals surface area contributed by atoms with Crippen LogP contribution in [0.15, 0.2) is 18.2 Å². The molecule has 0 saturated heterocycles. The molecule has 0 aliphatic heterocycles. The van der Waals surface area contributed by atoms with Gasteiger partial charge in [0.15, 0.2) is 0 Å². The normalized spacial score (nSPS) is 13.1. The Kier molecular flexibility index (Phi) is 4.71. The number of hydrogen-bond acceptors (Lipinski definition) is 4. The van der Waals surface area contributed by atoms with Crippen LogP contribution in [0.3, 0.4) is 0 Å². The molecular formula is C11H11F4NO3. The Morgan fingerprint density at radius 1 is 1.47 bits per heavy atom. The highest BCUT2D eigenvalue weighted by Crippen LogP contribution is 2.27. The zero-order chi connectivity index (χ0) is 14.6. The van der Waals surface area contributed by atoms with E-state index in [0.717, 1.165) is 25.3 Å². The van der Waals surface area contributed by atoms with Gasteiger partial charge in [-0.1, -0.05) is 0 Å². The summed E-state index contributed by atoms with van der Waals surface area (Å²) in [5.74, 6) is -2.37. The maximum Gasteiger partial charge on any atom is 0.401 e. The number of nitrogens with one attached hydrogen (secondary N) is 1. The number of phenols is 1. The van der Waals surface area contributed by atoms with Gasteiger partial charge in [-0.2, -0.15) is 13.2 Å². The van der Waals surface area contributed by atoms with E-state index in [1.165, 1.54) is 0 Å². The molecule has 0 radical (unpaired) electrons. The predicted octanol–water partition coefficient (Wildman–Crippen LogP) is 1.90. The van der Waals surface area contributed by atoms with E-state index in [1.54, 1.807) is 0 Å². The van der Waals surface area contributed by atoms with E-state index in [-0.39, 0.29) is 5.56 Å². The Morgan fingerprint density at radius 3 is 2.63 bits per heavy atom. The monoisotopic (exact) mass is 281 g/mol. The second-order valence-corrected chi connectivity index (χ2v) is 3.66. The molecule has 106 valence electrons. The molecule has 19 heavy (non-hydrogen) atoms. The third-order valence-corrected chi connectivity index (χ3v) is 2.24. The predicted molar refractivity (Wildman–Crippen MR) is 56.9 cm³/mol. The first-order chi connectivity index (χ1) is 8.74. The van der Waals surface area contributed by atoms with Gasteiger partial charge in [0.1, 0.15) is 17.6 Å². The van der Waals surface area contributed by atoms with E-state index in [4.69, 9.17) is 0 Å². The Balaban J connectivity index is 3.03. The molecule has 0 aliphatic carbocycles. The van der Waals surface area contributed by atoms with Crippen LogP contribution in [0.1, 0.15) is 11.6 Å². The maximum absolute atomic E-state index is 13.0. The van der Waals surface area contributed by atoms with E-state index >= 15 is 0 Å². The highest BCUT2D eigenvalue weighted by Gasteiger charge is 2.32. The Labute approximate surface area is 106 Å². The number of alkyl halides is 3. The zero-order valence-electron chi connectivity index (χ0n) is 9.79. The Hall–Kier alpha value is -1.83. The van der Waals surface area contributed by atoms with Crippen LogP contribution in [0.4, 0.5) is 17.6 Å². The highest BCUT2D eigenvalue weighted by molar-refractivity contribution is 5.78. The number of rotatable bonds is 4. The lowest BCUT2D eigenvalue weighted by atomic mass is 10.1. The number of benzene rings is 1. The summed E-state index contributed by atoms with van der Waals surface area (Å²) in [6.45, 7) is -1.48. The van der Waals surface area contributed by atoms with Crippen molar-refractivity contribution in [3.8, 4) is 5.75 Å². The summed E-state index contributed by atoms with van der Waals surface area (Å²) in [5, 5.41) is 11.4. The molecule has 0 bridgehead atoms. The van der Waals surface area contributed by atoms with Crippen molar-refractivity contribution in [3.63, 3.8) is 0 Å². The molecular weight excluding hydrogens is 270 g/mol. The molecule has 0 amide bonds. The van der Waals surface area contributed by atoms with E-state index in [0.29, 0.717) is 0 Å². The number of ether oxygens (including phenoxy) is 1. The minimum Gasteiger partial charge on any atom is -0.508 e. The van der Waals surface area contributed by atoms with Gasteiger partial charge in [-0.15, -0.1) is 0 Å². The Bertz CT molecular complexity index is 462. The van der Waals surface area contributed by atoms with Gasteiger partial charge in [-0.25, -0.2) is 9.18 Å². The van der Waals surface area contributed by atoms with Gasteiger partial charge in [-0.3, -0.25) is 5.32 Å². The minimum atomic E-state index is -4.56. The van der Waals surface area contributed by atoms with E-state index < -0.39 is 36.3 Å². The summed E-state index contributed by atoms with van der Waals surface area (Å²) >= 11 is 0. The van der Waals surface area contributed by atoms with Crippen LogP contribution >= 0.6 is 0 Å². The number of methoxy groups -OCH3 is 1.